The first-order valence-electron chi connectivity index (χ1n) is 5.60. The molecule has 2 aliphatic rings. The second kappa shape index (κ2) is 3.95. The molecule has 0 spiro atoms. The number of aromatic carboxylic acids is 1. The van der Waals surface area contributed by atoms with Gasteiger partial charge in [-0.2, -0.15) is 0 Å². The van der Waals surface area contributed by atoms with Gasteiger partial charge in [0.2, 0.25) is 10.8 Å². The molecule has 0 unspecified atom stereocenters. The molecule has 20 heavy (non-hydrogen) atoms. The molecular formula is C13H8N2O5. The molecule has 0 saturated heterocycles. The maximum Gasteiger partial charge on any atom is 0.338 e. The Morgan fingerprint density at radius 2 is 2.00 bits per heavy atom. The van der Waals surface area contributed by atoms with E-state index in [1.165, 1.54) is 6.07 Å². The number of aromatic amines is 1. The number of aromatic nitrogens is 1. The summed E-state index contributed by atoms with van der Waals surface area (Å²) < 4.78 is 5.34. The molecule has 0 fully saturated rings. The molecule has 7 nitrogen and oxygen atoms in total. The predicted octanol–water partition coefficient (Wildman–Crippen LogP) is 0.486. The molecular weight excluding hydrogens is 264 g/mol. The Labute approximate surface area is 109 Å². The van der Waals surface area contributed by atoms with Gasteiger partial charge in [-0.05, 0) is 12.1 Å². The number of nitrogens with one attached hydrogen (secondary N) is 1. The Bertz CT molecular complexity index is 1030. The van der Waals surface area contributed by atoms with Gasteiger partial charge in [0, 0.05) is 17.8 Å². The third-order valence-electron chi connectivity index (χ3n) is 2.91. The Morgan fingerprint density at radius 3 is 2.70 bits per heavy atom. The molecule has 3 rings (SSSR count). The van der Waals surface area contributed by atoms with Crippen molar-refractivity contribution in [3.63, 3.8) is 0 Å². The standard InChI is InChI=1S/C13H8N2O5/c14-5-1-2-7-9(3-5)20-12-10(15-7)6(13(18)19)4-8(16)11(12)17/h1-4,15H,14H2,(H,18,19). The molecule has 0 saturated carbocycles. The zero-order chi connectivity index (χ0) is 14.4. The number of benzene rings is 1. The maximum atomic E-state index is 11.8. The first-order valence-corrected chi connectivity index (χ1v) is 5.60. The monoisotopic (exact) mass is 272 g/mol. The van der Waals surface area contributed by atoms with Crippen LogP contribution in [0.1, 0.15) is 10.4 Å². The molecule has 7 heteroatoms. The van der Waals surface area contributed by atoms with Gasteiger partial charge < -0.3 is 20.2 Å². The third-order valence-corrected chi connectivity index (χ3v) is 2.91. The Balaban J connectivity index is 2.67. The zero-order valence-electron chi connectivity index (χ0n) is 9.97. The van der Waals surface area contributed by atoms with Crippen LogP contribution in [0.2, 0.25) is 0 Å². The highest BCUT2D eigenvalue weighted by Crippen LogP contribution is 2.16. The van der Waals surface area contributed by atoms with Gasteiger partial charge in [0.15, 0.2) is 5.58 Å². The SMILES string of the molecule is Nc1ccc2[nH]c3c(C(=O)O)cc(=O)c(=O)c=3oc2c1. The van der Waals surface area contributed by atoms with E-state index >= 15 is 0 Å². The lowest BCUT2D eigenvalue weighted by molar-refractivity contribution is 0.0695. The second-order valence-corrected chi connectivity index (χ2v) is 4.24. The fourth-order valence-corrected chi connectivity index (χ4v) is 1.98. The van der Waals surface area contributed by atoms with E-state index in [9.17, 15) is 14.4 Å². The van der Waals surface area contributed by atoms with Crippen LogP contribution in [0.4, 0.5) is 5.69 Å². The first kappa shape index (κ1) is 12.0. The maximum absolute atomic E-state index is 11.8. The number of anilines is 1. The quantitative estimate of drug-likeness (QED) is 0.437. The van der Waals surface area contributed by atoms with E-state index in [0.717, 1.165) is 6.07 Å². The number of hydrogen-bond acceptors (Lipinski definition) is 5. The molecule has 0 aromatic heterocycles. The number of carboxylic acid groups (broad SMARTS) is 1. The van der Waals surface area contributed by atoms with E-state index < -0.39 is 16.8 Å². The molecule has 1 aliphatic heterocycles. The Kier molecular flexibility index (Phi) is 2.37. The van der Waals surface area contributed by atoms with Gasteiger partial charge in [-0.1, -0.05) is 0 Å². The Morgan fingerprint density at radius 1 is 1.25 bits per heavy atom. The number of fused-ring (bicyclic) bond motifs is 1. The number of H-pyrrole nitrogens is 1. The molecule has 100 valence electrons. The number of rotatable bonds is 1. The van der Waals surface area contributed by atoms with Crippen molar-refractivity contribution in [2.45, 2.75) is 0 Å². The summed E-state index contributed by atoms with van der Waals surface area (Å²) in [6, 6.07) is 5.44. The zero-order valence-corrected chi connectivity index (χ0v) is 9.97. The van der Waals surface area contributed by atoms with Crippen molar-refractivity contribution in [2.24, 2.45) is 0 Å². The minimum Gasteiger partial charge on any atom is -0.478 e. The minimum absolute atomic E-state index is 0.0284. The molecule has 1 aromatic carbocycles. The van der Waals surface area contributed by atoms with Crippen LogP contribution in [-0.2, 0) is 0 Å². The summed E-state index contributed by atoms with van der Waals surface area (Å²) in [6.07, 6.45) is 0. The minimum atomic E-state index is -1.33. The van der Waals surface area contributed by atoms with E-state index in [0.29, 0.717) is 11.2 Å². The lowest BCUT2D eigenvalue weighted by Crippen LogP contribution is -2.26. The molecule has 0 radical (unpaired) electrons. The fraction of sp³-hybridized carbons (Fsp3) is 0. The van der Waals surface area contributed by atoms with Gasteiger partial charge in [-0.15, -0.1) is 0 Å². The number of carboxylic acids is 1. The van der Waals surface area contributed by atoms with Crippen LogP contribution in [-0.4, -0.2) is 16.1 Å². The van der Waals surface area contributed by atoms with Crippen LogP contribution in [0, 0.1) is 10.8 Å². The van der Waals surface area contributed by atoms with E-state index in [-0.39, 0.29) is 21.9 Å². The highest BCUT2D eigenvalue weighted by molar-refractivity contribution is 5.88. The summed E-state index contributed by atoms with van der Waals surface area (Å²) in [6.45, 7) is 0. The van der Waals surface area contributed by atoms with E-state index in [1.807, 2.05) is 0 Å². The van der Waals surface area contributed by atoms with Crippen LogP contribution >= 0.6 is 0 Å². The van der Waals surface area contributed by atoms with Gasteiger partial charge in [-0.3, -0.25) is 9.59 Å². The molecule has 0 bridgehead atoms. The van der Waals surface area contributed by atoms with Crippen LogP contribution < -0.4 is 16.6 Å². The molecule has 4 N–H and O–H groups in total. The lowest BCUT2D eigenvalue weighted by Gasteiger charge is -2.02. The summed E-state index contributed by atoms with van der Waals surface area (Å²) in [5.74, 6) is -1.33. The van der Waals surface area contributed by atoms with Crippen LogP contribution in [0.3, 0.4) is 0 Å². The van der Waals surface area contributed by atoms with E-state index in [4.69, 9.17) is 15.3 Å². The summed E-state index contributed by atoms with van der Waals surface area (Å²) >= 11 is 0. The molecule has 1 aliphatic carbocycles. The molecule has 1 heterocycles. The highest BCUT2D eigenvalue weighted by Gasteiger charge is 2.14. The van der Waals surface area contributed by atoms with Crippen molar-refractivity contribution >= 4 is 22.8 Å². The van der Waals surface area contributed by atoms with Crippen LogP contribution in [0.5, 0.6) is 0 Å². The number of nitrogens with two attached hydrogens (primary N) is 1. The summed E-state index contributed by atoms with van der Waals surface area (Å²) in [5.41, 5.74) is 4.28. The topological polar surface area (TPSA) is 126 Å². The number of nitrogen functional groups attached to an aromatic ring is 1. The first-order chi connectivity index (χ1) is 9.47. The van der Waals surface area contributed by atoms with Gasteiger partial charge in [0.1, 0.15) is 5.35 Å². The summed E-state index contributed by atoms with van der Waals surface area (Å²) in [4.78, 5) is 37.2. The smallest absolute Gasteiger partial charge is 0.338 e. The van der Waals surface area contributed by atoms with Gasteiger partial charge in [-0.25, -0.2) is 4.79 Å². The van der Waals surface area contributed by atoms with Crippen molar-refractivity contribution in [2.75, 3.05) is 5.73 Å². The third kappa shape index (κ3) is 1.64. The molecule has 0 atom stereocenters. The van der Waals surface area contributed by atoms with Gasteiger partial charge in [0.25, 0.3) is 5.43 Å². The summed E-state index contributed by atoms with van der Waals surface area (Å²) in [5, 5.41) is 9.06. The molecule has 0 amide bonds. The lowest BCUT2D eigenvalue weighted by atomic mass is 10.2. The molecule has 1 aromatic rings. The van der Waals surface area contributed by atoms with Crippen LogP contribution in [0.15, 0.2) is 38.3 Å². The summed E-state index contributed by atoms with van der Waals surface area (Å²) in [7, 11) is 0. The largest absolute Gasteiger partial charge is 0.478 e. The van der Waals surface area contributed by atoms with Crippen molar-refractivity contribution in [1.29, 1.82) is 0 Å². The second-order valence-electron chi connectivity index (χ2n) is 4.24. The Hall–Kier alpha value is -3.09. The normalized spacial score (nSPS) is 11.0. The average molecular weight is 272 g/mol. The number of carbonyl (C=O) groups is 1. The van der Waals surface area contributed by atoms with Gasteiger partial charge in [0.05, 0.1) is 11.1 Å². The number of hydrogen-bond donors (Lipinski definition) is 3. The van der Waals surface area contributed by atoms with Gasteiger partial charge >= 0.3 is 5.97 Å². The van der Waals surface area contributed by atoms with Crippen molar-refractivity contribution in [1.82, 2.24) is 4.98 Å². The van der Waals surface area contributed by atoms with E-state index in [1.54, 1.807) is 12.1 Å². The van der Waals surface area contributed by atoms with Crippen molar-refractivity contribution in [3.05, 3.63) is 61.0 Å². The average Bonchev–Trinajstić information content (AvgIpc) is 2.41. The van der Waals surface area contributed by atoms with E-state index in [2.05, 4.69) is 4.98 Å². The van der Waals surface area contributed by atoms with Crippen molar-refractivity contribution in [3.8, 4) is 0 Å². The predicted molar refractivity (Wildman–Crippen MR) is 69.8 cm³/mol. The van der Waals surface area contributed by atoms with Crippen molar-refractivity contribution < 1.29 is 14.3 Å². The fourth-order valence-electron chi connectivity index (χ4n) is 1.98. The van der Waals surface area contributed by atoms with Crippen LogP contribution in [0.25, 0.3) is 11.1 Å². The highest BCUT2D eigenvalue weighted by atomic mass is 16.4.